The molecule has 3 aromatic rings. The molecule has 0 bridgehead atoms. The topological polar surface area (TPSA) is 23.4 Å². The van der Waals surface area contributed by atoms with Gasteiger partial charge in [0.15, 0.2) is 0 Å². The van der Waals surface area contributed by atoms with E-state index >= 15 is 0 Å². The Morgan fingerprint density at radius 1 is 1.13 bits per heavy atom. The highest BCUT2D eigenvalue weighted by molar-refractivity contribution is 6.31. The smallest absolute Gasteiger partial charge is 0.149 e. The molecular weight excluding hydrogens is 413 g/mol. The first-order chi connectivity index (χ1) is 14.7. The van der Waals surface area contributed by atoms with Gasteiger partial charge in [0.05, 0.1) is 17.8 Å². The molecule has 162 valence electrons. The number of benzene rings is 2. The number of ether oxygens (including phenoxy) is 1. The fourth-order valence-corrected chi connectivity index (χ4v) is 4.02. The molecule has 1 unspecified atom stereocenters. The number of nitrogens with zero attached hydrogens (tertiary/aromatic N) is 1. The van der Waals surface area contributed by atoms with Crippen molar-refractivity contribution in [3.63, 3.8) is 0 Å². The first-order valence-corrected chi connectivity index (χ1v) is 10.4. The summed E-state index contributed by atoms with van der Waals surface area (Å²) >= 11 is 6.21. The highest BCUT2D eigenvalue weighted by atomic mass is 35.5. The second-order valence-corrected chi connectivity index (χ2v) is 7.92. The van der Waals surface area contributed by atoms with Gasteiger partial charge in [-0.05, 0) is 79.8 Å². The maximum atomic E-state index is 14.0. The summed E-state index contributed by atoms with van der Waals surface area (Å²) < 4.78 is 21.1. The molecule has 1 aromatic heterocycles. The van der Waals surface area contributed by atoms with Crippen molar-refractivity contribution in [2.45, 2.75) is 33.8 Å². The van der Waals surface area contributed by atoms with Crippen LogP contribution >= 0.6 is 11.6 Å². The van der Waals surface area contributed by atoms with E-state index in [4.69, 9.17) is 21.2 Å². The lowest BCUT2D eigenvalue weighted by Gasteiger charge is -2.20. The third-order valence-corrected chi connectivity index (χ3v) is 5.81. The largest absolute Gasteiger partial charge is 0.496 e. The average molecular weight is 440 g/mol. The van der Waals surface area contributed by atoms with Gasteiger partial charge in [-0.2, -0.15) is 4.73 Å². The van der Waals surface area contributed by atoms with Crippen molar-refractivity contribution in [1.82, 2.24) is 4.73 Å². The zero-order valence-electron chi connectivity index (χ0n) is 18.5. The lowest BCUT2D eigenvalue weighted by Crippen LogP contribution is -2.17. The van der Waals surface area contributed by atoms with E-state index in [1.165, 1.54) is 6.07 Å². The molecule has 0 radical (unpaired) electrons. The van der Waals surface area contributed by atoms with E-state index in [2.05, 4.69) is 6.58 Å². The highest BCUT2D eigenvalue weighted by Crippen LogP contribution is 2.31. The van der Waals surface area contributed by atoms with E-state index in [0.29, 0.717) is 5.56 Å². The molecule has 2 aromatic carbocycles. The minimum absolute atomic E-state index is 0.0929. The van der Waals surface area contributed by atoms with Crippen molar-refractivity contribution in [3.05, 3.63) is 99.6 Å². The molecule has 0 saturated carbocycles. The number of rotatable bonds is 7. The molecule has 0 N–H and O–H groups in total. The second-order valence-electron chi connectivity index (χ2n) is 7.54. The Bertz CT molecular complexity index is 1150. The Morgan fingerprint density at radius 3 is 2.58 bits per heavy atom. The van der Waals surface area contributed by atoms with Crippen LogP contribution in [0, 0.1) is 26.6 Å². The molecule has 3 nitrogen and oxygen atoms in total. The molecule has 0 fully saturated rings. The fraction of sp³-hybridized carbons (Fsp3) is 0.231. The Kier molecular flexibility index (Phi) is 6.91. The van der Waals surface area contributed by atoms with Gasteiger partial charge in [0, 0.05) is 11.8 Å². The second kappa shape index (κ2) is 9.44. The van der Waals surface area contributed by atoms with Crippen LogP contribution in [-0.4, -0.2) is 11.8 Å². The van der Waals surface area contributed by atoms with Crippen LogP contribution in [0.25, 0.3) is 11.6 Å². The number of hydrogen-bond donors (Lipinski definition) is 0. The van der Waals surface area contributed by atoms with E-state index in [9.17, 15) is 4.39 Å². The lowest BCUT2D eigenvalue weighted by atomic mass is 10.0. The van der Waals surface area contributed by atoms with Crippen molar-refractivity contribution in [2.75, 3.05) is 7.11 Å². The van der Waals surface area contributed by atoms with E-state index < -0.39 is 11.9 Å². The van der Waals surface area contributed by atoms with Crippen molar-refractivity contribution in [2.24, 2.45) is 0 Å². The standard InChI is InChI=1S/C26H27ClFNO2/c1-16(21-8-7-9-24(30-6)19(21)4)11-13-23-17(2)14-15-29(23)31-20(5)25-18(3)10-12-22(28)26(25)27/h7-15,20H,1H2,2-6H3/b13-11-. The molecule has 0 amide bonds. The van der Waals surface area contributed by atoms with Crippen molar-refractivity contribution < 1.29 is 14.0 Å². The van der Waals surface area contributed by atoms with E-state index in [-0.39, 0.29) is 5.02 Å². The molecule has 31 heavy (non-hydrogen) atoms. The van der Waals surface area contributed by atoms with E-state index in [1.807, 2.05) is 70.3 Å². The number of methoxy groups -OCH3 is 1. The Morgan fingerprint density at radius 2 is 1.87 bits per heavy atom. The third-order valence-electron chi connectivity index (χ3n) is 5.42. The third kappa shape index (κ3) is 4.70. The molecule has 0 aliphatic heterocycles. The summed E-state index contributed by atoms with van der Waals surface area (Å²) in [4.78, 5) is 6.13. The number of aryl methyl sites for hydroxylation is 2. The molecule has 0 spiro atoms. The predicted octanol–water partition coefficient (Wildman–Crippen LogP) is 7.13. The zero-order chi connectivity index (χ0) is 22.7. The van der Waals surface area contributed by atoms with E-state index in [0.717, 1.165) is 39.3 Å². The summed E-state index contributed by atoms with van der Waals surface area (Å²) in [5.74, 6) is 0.373. The summed E-state index contributed by atoms with van der Waals surface area (Å²) in [6, 6.07) is 10.9. The van der Waals surface area contributed by atoms with Crippen LogP contribution in [0.5, 0.6) is 5.75 Å². The SMILES string of the molecule is C=C(/C=C\c1c(C)ccn1OC(C)c1c(C)ccc(F)c1Cl)c1cccc(OC)c1C. The summed E-state index contributed by atoms with van der Waals surface area (Å²) in [5, 5.41) is 0.0929. The summed E-state index contributed by atoms with van der Waals surface area (Å²) in [6.07, 6.45) is 5.32. The summed E-state index contributed by atoms with van der Waals surface area (Å²) in [5.41, 5.74) is 6.34. The van der Waals surface area contributed by atoms with Gasteiger partial charge in [0.25, 0.3) is 0 Å². The molecule has 1 atom stereocenters. The van der Waals surface area contributed by atoms with Gasteiger partial charge in [0.1, 0.15) is 17.7 Å². The van der Waals surface area contributed by atoms with Crippen LogP contribution in [0.3, 0.4) is 0 Å². The normalized spacial score (nSPS) is 12.2. The van der Waals surface area contributed by atoms with Crippen LogP contribution < -0.4 is 9.57 Å². The van der Waals surface area contributed by atoms with Gasteiger partial charge in [-0.3, -0.25) is 0 Å². The van der Waals surface area contributed by atoms with Gasteiger partial charge in [-0.25, -0.2) is 4.39 Å². The Balaban J connectivity index is 1.87. The van der Waals surface area contributed by atoms with Gasteiger partial charge in [-0.15, -0.1) is 0 Å². The summed E-state index contributed by atoms with van der Waals surface area (Å²) in [7, 11) is 1.66. The molecule has 0 aliphatic carbocycles. The Labute approximate surface area is 188 Å². The van der Waals surface area contributed by atoms with Gasteiger partial charge >= 0.3 is 0 Å². The molecule has 0 saturated heterocycles. The molecule has 5 heteroatoms. The van der Waals surface area contributed by atoms with Gasteiger partial charge < -0.3 is 9.57 Å². The number of aromatic nitrogens is 1. The monoisotopic (exact) mass is 439 g/mol. The number of allylic oxidation sites excluding steroid dienone is 2. The van der Waals surface area contributed by atoms with Gasteiger partial charge in [-0.1, -0.05) is 42.5 Å². The number of halogens is 2. The van der Waals surface area contributed by atoms with E-state index in [1.54, 1.807) is 17.9 Å². The van der Waals surface area contributed by atoms with Crippen LogP contribution in [0.15, 0.2) is 55.3 Å². The molecule has 1 heterocycles. The maximum absolute atomic E-state index is 14.0. The van der Waals surface area contributed by atoms with Crippen molar-refractivity contribution in [3.8, 4) is 5.75 Å². The zero-order valence-corrected chi connectivity index (χ0v) is 19.3. The number of hydrogen-bond acceptors (Lipinski definition) is 2. The highest BCUT2D eigenvalue weighted by Gasteiger charge is 2.19. The minimum atomic E-state index is -0.452. The minimum Gasteiger partial charge on any atom is -0.496 e. The predicted molar refractivity (Wildman–Crippen MR) is 126 cm³/mol. The maximum Gasteiger partial charge on any atom is 0.149 e. The first-order valence-electron chi connectivity index (χ1n) is 10.0. The van der Waals surface area contributed by atoms with Crippen LogP contribution in [0.2, 0.25) is 5.02 Å². The molecule has 0 aliphatic rings. The van der Waals surface area contributed by atoms with Crippen molar-refractivity contribution >= 4 is 23.3 Å². The molecular formula is C26H27ClFNO2. The van der Waals surface area contributed by atoms with Crippen LogP contribution in [-0.2, 0) is 0 Å². The molecule has 3 rings (SSSR count). The van der Waals surface area contributed by atoms with Gasteiger partial charge in [0.2, 0.25) is 0 Å². The Hall–Kier alpha value is -2.98. The quantitative estimate of drug-likeness (QED) is 0.365. The van der Waals surface area contributed by atoms with Crippen molar-refractivity contribution in [1.29, 1.82) is 0 Å². The lowest BCUT2D eigenvalue weighted by molar-refractivity contribution is 0.0466. The summed E-state index contributed by atoms with van der Waals surface area (Å²) in [6.45, 7) is 12.0. The van der Waals surface area contributed by atoms with Crippen LogP contribution in [0.1, 0.15) is 46.5 Å². The fourth-order valence-electron chi connectivity index (χ4n) is 3.65. The average Bonchev–Trinajstić information content (AvgIpc) is 3.08. The van der Waals surface area contributed by atoms with Crippen LogP contribution in [0.4, 0.5) is 4.39 Å². The first kappa shape index (κ1) is 22.7.